The molecule has 0 radical (unpaired) electrons. The standard InChI is InChI=1S/C13H20N4O2S/c1-13(2,3)11-9-10-12(14-5-7-17(10)16-11)15-6-8-20(4,18)19/h5,7,9H,6,8H2,1-4H3,(H,14,15). The Morgan fingerprint density at radius 2 is 2.05 bits per heavy atom. The van der Waals surface area contributed by atoms with Gasteiger partial charge in [0.15, 0.2) is 5.82 Å². The van der Waals surface area contributed by atoms with E-state index >= 15 is 0 Å². The monoisotopic (exact) mass is 296 g/mol. The summed E-state index contributed by atoms with van der Waals surface area (Å²) in [6, 6.07) is 1.98. The summed E-state index contributed by atoms with van der Waals surface area (Å²) in [4.78, 5) is 4.26. The maximum absolute atomic E-state index is 11.1. The molecule has 2 rings (SSSR count). The lowest BCUT2D eigenvalue weighted by atomic mass is 9.92. The van der Waals surface area contributed by atoms with Gasteiger partial charge in [-0.05, 0) is 6.07 Å². The molecule has 0 atom stereocenters. The van der Waals surface area contributed by atoms with Gasteiger partial charge in [0.25, 0.3) is 0 Å². The van der Waals surface area contributed by atoms with Crippen molar-refractivity contribution in [1.29, 1.82) is 0 Å². The van der Waals surface area contributed by atoms with Crippen LogP contribution in [0, 0.1) is 0 Å². The molecule has 0 fully saturated rings. The first kappa shape index (κ1) is 14.8. The summed E-state index contributed by atoms with van der Waals surface area (Å²) in [6.07, 6.45) is 4.65. The number of anilines is 1. The Hall–Kier alpha value is -1.63. The fourth-order valence-electron chi connectivity index (χ4n) is 1.78. The van der Waals surface area contributed by atoms with E-state index in [2.05, 4.69) is 36.2 Å². The van der Waals surface area contributed by atoms with Crippen LogP contribution in [0.3, 0.4) is 0 Å². The predicted octanol–water partition coefficient (Wildman–Crippen LogP) is 1.48. The van der Waals surface area contributed by atoms with Crippen molar-refractivity contribution < 1.29 is 8.42 Å². The summed E-state index contributed by atoms with van der Waals surface area (Å²) >= 11 is 0. The number of fused-ring (bicyclic) bond motifs is 1. The molecule has 2 aromatic heterocycles. The Kier molecular flexibility index (Phi) is 3.73. The van der Waals surface area contributed by atoms with E-state index in [1.54, 1.807) is 16.9 Å². The van der Waals surface area contributed by atoms with Gasteiger partial charge in [0.1, 0.15) is 15.4 Å². The largest absolute Gasteiger partial charge is 0.367 e. The maximum atomic E-state index is 11.1. The third kappa shape index (κ3) is 3.47. The van der Waals surface area contributed by atoms with E-state index in [1.807, 2.05) is 6.07 Å². The van der Waals surface area contributed by atoms with Gasteiger partial charge in [0.05, 0.1) is 11.4 Å². The van der Waals surface area contributed by atoms with Crippen LogP contribution in [0.4, 0.5) is 5.82 Å². The summed E-state index contributed by atoms with van der Waals surface area (Å²) < 4.78 is 24.0. The van der Waals surface area contributed by atoms with E-state index in [4.69, 9.17) is 0 Å². The highest BCUT2D eigenvalue weighted by Crippen LogP contribution is 2.24. The molecular formula is C13H20N4O2S. The van der Waals surface area contributed by atoms with Crippen LogP contribution in [0.5, 0.6) is 0 Å². The van der Waals surface area contributed by atoms with Crippen molar-refractivity contribution in [2.45, 2.75) is 26.2 Å². The van der Waals surface area contributed by atoms with Gasteiger partial charge in [-0.3, -0.25) is 0 Å². The number of sulfone groups is 1. The second-order valence-corrected chi connectivity index (χ2v) is 8.20. The second kappa shape index (κ2) is 5.05. The minimum Gasteiger partial charge on any atom is -0.367 e. The zero-order chi connectivity index (χ0) is 15.0. The van der Waals surface area contributed by atoms with Crippen LogP contribution >= 0.6 is 0 Å². The van der Waals surface area contributed by atoms with Gasteiger partial charge >= 0.3 is 0 Å². The van der Waals surface area contributed by atoms with E-state index in [1.165, 1.54) is 6.26 Å². The lowest BCUT2D eigenvalue weighted by Gasteiger charge is -2.13. The molecule has 6 nitrogen and oxygen atoms in total. The quantitative estimate of drug-likeness (QED) is 0.925. The molecule has 1 N–H and O–H groups in total. The van der Waals surface area contributed by atoms with Crippen molar-refractivity contribution in [3.8, 4) is 0 Å². The molecule has 0 unspecified atom stereocenters. The summed E-state index contributed by atoms with van der Waals surface area (Å²) in [5.41, 5.74) is 1.78. The molecule has 2 heterocycles. The molecule has 0 aliphatic rings. The third-order valence-corrected chi connectivity index (χ3v) is 3.87. The van der Waals surface area contributed by atoms with Crippen molar-refractivity contribution in [2.24, 2.45) is 0 Å². The summed E-state index contributed by atoms with van der Waals surface area (Å²) in [5.74, 6) is 0.731. The first-order chi connectivity index (χ1) is 9.17. The van der Waals surface area contributed by atoms with Crippen molar-refractivity contribution in [3.05, 3.63) is 24.2 Å². The fourth-order valence-corrected chi connectivity index (χ4v) is 2.25. The predicted molar refractivity (Wildman–Crippen MR) is 79.9 cm³/mol. The summed E-state index contributed by atoms with van der Waals surface area (Å²) in [5, 5.41) is 7.58. The Morgan fingerprint density at radius 1 is 1.35 bits per heavy atom. The summed E-state index contributed by atoms with van der Waals surface area (Å²) in [7, 11) is -2.98. The number of hydrogen-bond acceptors (Lipinski definition) is 5. The minimum atomic E-state index is -2.98. The molecule has 20 heavy (non-hydrogen) atoms. The lowest BCUT2D eigenvalue weighted by Crippen LogP contribution is -2.15. The van der Waals surface area contributed by atoms with Crippen molar-refractivity contribution >= 4 is 21.2 Å². The number of hydrogen-bond donors (Lipinski definition) is 1. The third-order valence-electron chi connectivity index (χ3n) is 2.92. The van der Waals surface area contributed by atoms with Crippen molar-refractivity contribution in [1.82, 2.24) is 14.6 Å². The molecule has 0 aliphatic carbocycles. The average molecular weight is 296 g/mol. The van der Waals surface area contributed by atoms with E-state index in [-0.39, 0.29) is 11.2 Å². The lowest BCUT2D eigenvalue weighted by molar-refractivity contribution is 0.562. The van der Waals surface area contributed by atoms with E-state index in [0.717, 1.165) is 11.2 Å². The Labute approximate surface area is 119 Å². The van der Waals surface area contributed by atoms with Crippen LogP contribution in [-0.4, -0.2) is 41.6 Å². The van der Waals surface area contributed by atoms with Crippen LogP contribution in [0.2, 0.25) is 0 Å². The summed E-state index contributed by atoms with van der Waals surface area (Å²) in [6.45, 7) is 6.62. The second-order valence-electron chi connectivity index (χ2n) is 5.94. The number of nitrogens with zero attached hydrogens (tertiary/aromatic N) is 3. The van der Waals surface area contributed by atoms with Gasteiger partial charge in [0.2, 0.25) is 0 Å². The molecule has 0 bridgehead atoms. The minimum absolute atomic E-state index is 0.0456. The zero-order valence-electron chi connectivity index (χ0n) is 12.2. The Bertz CT molecular complexity index is 714. The smallest absolute Gasteiger partial charge is 0.152 e. The molecule has 7 heteroatoms. The highest BCUT2D eigenvalue weighted by atomic mass is 32.2. The van der Waals surface area contributed by atoms with Gasteiger partial charge in [-0.25, -0.2) is 17.9 Å². The molecular weight excluding hydrogens is 276 g/mol. The van der Waals surface area contributed by atoms with Gasteiger partial charge < -0.3 is 5.32 Å². The normalized spacial score (nSPS) is 12.8. The maximum Gasteiger partial charge on any atom is 0.152 e. The SMILES string of the molecule is CC(C)(C)c1cc2c(NCCS(C)(=O)=O)nccn2n1. The molecule has 0 aliphatic heterocycles. The number of nitrogens with one attached hydrogen (secondary N) is 1. The topological polar surface area (TPSA) is 76.4 Å². The molecule has 0 aromatic carbocycles. The Morgan fingerprint density at radius 3 is 2.65 bits per heavy atom. The van der Waals surface area contributed by atoms with Crippen LogP contribution in [-0.2, 0) is 15.3 Å². The molecule has 0 spiro atoms. The van der Waals surface area contributed by atoms with E-state index in [9.17, 15) is 8.42 Å². The van der Waals surface area contributed by atoms with Crippen LogP contribution in [0.1, 0.15) is 26.5 Å². The van der Waals surface area contributed by atoms with E-state index < -0.39 is 9.84 Å². The Balaban J connectivity index is 2.28. The molecule has 0 amide bonds. The van der Waals surface area contributed by atoms with Gasteiger partial charge in [0, 0.05) is 30.6 Å². The van der Waals surface area contributed by atoms with Crippen molar-refractivity contribution in [2.75, 3.05) is 23.9 Å². The molecule has 0 saturated heterocycles. The van der Waals surface area contributed by atoms with Crippen molar-refractivity contribution in [3.63, 3.8) is 0 Å². The van der Waals surface area contributed by atoms with Gasteiger partial charge in [-0.2, -0.15) is 5.10 Å². The van der Waals surface area contributed by atoms with E-state index in [0.29, 0.717) is 12.4 Å². The van der Waals surface area contributed by atoms with Crippen LogP contribution in [0.25, 0.3) is 5.52 Å². The molecule has 2 aromatic rings. The molecule has 110 valence electrons. The highest BCUT2D eigenvalue weighted by Gasteiger charge is 2.19. The van der Waals surface area contributed by atoms with Crippen LogP contribution in [0.15, 0.2) is 18.5 Å². The number of rotatable bonds is 4. The van der Waals surface area contributed by atoms with Crippen LogP contribution < -0.4 is 5.32 Å². The zero-order valence-corrected chi connectivity index (χ0v) is 13.0. The number of aromatic nitrogens is 3. The fraction of sp³-hybridized carbons (Fsp3) is 0.538. The highest BCUT2D eigenvalue weighted by molar-refractivity contribution is 7.90. The van der Waals surface area contributed by atoms with Gasteiger partial charge in [-0.1, -0.05) is 20.8 Å². The first-order valence-corrected chi connectivity index (χ1v) is 8.49. The van der Waals surface area contributed by atoms with Gasteiger partial charge in [-0.15, -0.1) is 0 Å². The average Bonchev–Trinajstić information content (AvgIpc) is 2.71. The first-order valence-electron chi connectivity index (χ1n) is 6.43. The molecule has 0 saturated carbocycles.